The maximum Gasteiger partial charge on any atom is 0.249 e. The van der Waals surface area contributed by atoms with E-state index in [2.05, 4.69) is 17.6 Å². The van der Waals surface area contributed by atoms with E-state index in [9.17, 15) is 4.79 Å². The van der Waals surface area contributed by atoms with Crippen LogP contribution in [0.25, 0.3) is 0 Å². The van der Waals surface area contributed by atoms with Gasteiger partial charge in [-0.25, -0.2) is 0 Å². The van der Waals surface area contributed by atoms with Crippen LogP contribution in [0.2, 0.25) is 0 Å². The number of hydrogen-bond donors (Lipinski definition) is 2. The van der Waals surface area contributed by atoms with Gasteiger partial charge in [0.25, 0.3) is 0 Å². The number of carbonyl (C=O) groups excluding carboxylic acids is 1. The predicted octanol–water partition coefficient (Wildman–Crippen LogP) is 2.23. The van der Waals surface area contributed by atoms with Crippen molar-refractivity contribution in [2.45, 2.75) is 83.6 Å². The Morgan fingerprint density at radius 1 is 1.26 bits per heavy atom. The summed E-state index contributed by atoms with van der Waals surface area (Å²) in [5, 5.41) is 6.32. The Labute approximate surface area is 117 Å². The minimum absolute atomic E-state index is 0.0247. The monoisotopic (exact) mass is 270 g/mol. The molecular weight excluding hydrogens is 240 g/mol. The van der Waals surface area contributed by atoms with E-state index in [0.29, 0.717) is 6.04 Å². The molecule has 19 heavy (non-hydrogen) atoms. The van der Waals surface area contributed by atoms with Gasteiger partial charge in [-0.1, -0.05) is 13.3 Å². The molecule has 0 heterocycles. The molecule has 0 aromatic rings. The van der Waals surface area contributed by atoms with Gasteiger partial charge in [0, 0.05) is 12.1 Å². The van der Waals surface area contributed by atoms with Crippen LogP contribution in [0.5, 0.6) is 0 Å². The molecule has 1 aliphatic carbocycles. The van der Waals surface area contributed by atoms with Gasteiger partial charge in [-0.3, -0.25) is 4.79 Å². The number of carbonyl (C=O) groups is 1. The van der Waals surface area contributed by atoms with E-state index in [1.54, 1.807) is 0 Å². The van der Waals surface area contributed by atoms with Gasteiger partial charge in [0.1, 0.15) is 6.10 Å². The smallest absolute Gasteiger partial charge is 0.249 e. The fourth-order valence-electron chi connectivity index (χ4n) is 2.70. The molecule has 0 radical (unpaired) electrons. The van der Waals surface area contributed by atoms with Gasteiger partial charge in [-0.15, -0.1) is 0 Å². The van der Waals surface area contributed by atoms with Gasteiger partial charge in [0.05, 0.1) is 6.10 Å². The second-order valence-corrected chi connectivity index (χ2v) is 5.74. The minimum atomic E-state index is -0.338. The van der Waals surface area contributed by atoms with Crippen molar-refractivity contribution < 1.29 is 9.53 Å². The lowest BCUT2D eigenvalue weighted by atomic mass is 9.93. The Balaban J connectivity index is 2.26. The third-order valence-electron chi connectivity index (χ3n) is 3.96. The summed E-state index contributed by atoms with van der Waals surface area (Å²) in [5.41, 5.74) is 0. The first-order valence-corrected chi connectivity index (χ1v) is 7.69. The van der Waals surface area contributed by atoms with Crippen molar-refractivity contribution in [2.75, 3.05) is 7.05 Å². The van der Waals surface area contributed by atoms with Crippen LogP contribution >= 0.6 is 0 Å². The summed E-state index contributed by atoms with van der Waals surface area (Å²) in [4.78, 5) is 12.0. The van der Waals surface area contributed by atoms with Crippen molar-refractivity contribution in [3.63, 3.8) is 0 Å². The molecule has 112 valence electrons. The maximum atomic E-state index is 12.0. The zero-order valence-electron chi connectivity index (χ0n) is 12.9. The second kappa shape index (κ2) is 8.54. The fraction of sp³-hybridized carbons (Fsp3) is 0.933. The van der Waals surface area contributed by atoms with E-state index in [1.165, 1.54) is 0 Å². The molecule has 0 aromatic carbocycles. The average Bonchev–Trinajstić information content (AvgIpc) is 2.39. The van der Waals surface area contributed by atoms with Crippen molar-refractivity contribution in [1.29, 1.82) is 0 Å². The quantitative estimate of drug-likeness (QED) is 0.746. The molecule has 2 unspecified atom stereocenters. The molecule has 0 bridgehead atoms. The largest absolute Gasteiger partial charge is 0.365 e. The van der Waals surface area contributed by atoms with E-state index in [0.717, 1.165) is 38.5 Å². The zero-order valence-corrected chi connectivity index (χ0v) is 12.9. The van der Waals surface area contributed by atoms with Gasteiger partial charge in [-0.05, 0) is 53.0 Å². The topological polar surface area (TPSA) is 50.4 Å². The van der Waals surface area contributed by atoms with Crippen LogP contribution in [-0.4, -0.2) is 37.2 Å². The Hall–Kier alpha value is -0.610. The van der Waals surface area contributed by atoms with Crippen molar-refractivity contribution in [3.05, 3.63) is 0 Å². The number of ether oxygens (including phenoxy) is 1. The van der Waals surface area contributed by atoms with Crippen molar-refractivity contribution >= 4 is 5.91 Å². The van der Waals surface area contributed by atoms with Crippen LogP contribution in [0.15, 0.2) is 0 Å². The van der Waals surface area contributed by atoms with Crippen molar-refractivity contribution in [2.24, 2.45) is 0 Å². The number of nitrogens with one attached hydrogen (secondary N) is 2. The third kappa shape index (κ3) is 5.91. The summed E-state index contributed by atoms with van der Waals surface area (Å²) >= 11 is 0. The molecule has 1 fully saturated rings. The number of hydrogen-bond acceptors (Lipinski definition) is 3. The molecule has 1 amide bonds. The van der Waals surface area contributed by atoms with Crippen LogP contribution in [0, 0.1) is 0 Å². The van der Waals surface area contributed by atoms with Gasteiger partial charge in [0.15, 0.2) is 0 Å². The van der Waals surface area contributed by atoms with E-state index in [4.69, 9.17) is 4.74 Å². The van der Waals surface area contributed by atoms with E-state index in [1.807, 2.05) is 20.9 Å². The highest BCUT2D eigenvalue weighted by Crippen LogP contribution is 2.22. The van der Waals surface area contributed by atoms with Crippen LogP contribution in [0.4, 0.5) is 0 Å². The molecule has 1 saturated carbocycles. The van der Waals surface area contributed by atoms with Gasteiger partial charge in [-0.2, -0.15) is 0 Å². The van der Waals surface area contributed by atoms with Crippen molar-refractivity contribution in [1.82, 2.24) is 10.6 Å². The molecule has 0 aliphatic heterocycles. The summed E-state index contributed by atoms with van der Waals surface area (Å²) in [6, 6.07) is 0.858. The summed E-state index contributed by atoms with van der Waals surface area (Å²) in [5.74, 6) is 0.0247. The fourth-order valence-corrected chi connectivity index (χ4v) is 2.70. The summed E-state index contributed by atoms with van der Waals surface area (Å²) in [6.07, 6.45) is 6.39. The standard InChI is InChI=1S/C15H30N2O2/c1-5-6-11(2)17-15(18)12(3)19-14-9-7-13(16-4)8-10-14/h11-14,16H,5-10H2,1-4H3,(H,17,18). The molecule has 4 heteroatoms. The summed E-state index contributed by atoms with van der Waals surface area (Å²) in [6.45, 7) is 6.03. The first kappa shape index (κ1) is 16.4. The Bertz CT molecular complexity index is 263. The molecule has 2 atom stereocenters. The van der Waals surface area contributed by atoms with E-state index < -0.39 is 0 Å². The van der Waals surface area contributed by atoms with Crippen LogP contribution in [-0.2, 0) is 9.53 Å². The van der Waals surface area contributed by atoms with Gasteiger partial charge < -0.3 is 15.4 Å². The summed E-state index contributed by atoms with van der Waals surface area (Å²) < 4.78 is 5.89. The average molecular weight is 270 g/mol. The van der Waals surface area contributed by atoms with Crippen molar-refractivity contribution in [3.8, 4) is 0 Å². The van der Waals surface area contributed by atoms with Gasteiger partial charge >= 0.3 is 0 Å². The molecule has 0 spiro atoms. The molecule has 1 aliphatic rings. The van der Waals surface area contributed by atoms with E-state index >= 15 is 0 Å². The first-order valence-electron chi connectivity index (χ1n) is 7.69. The van der Waals surface area contributed by atoms with Gasteiger partial charge in [0.2, 0.25) is 5.91 Å². The molecule has 0 saturated heterocycles. The van der Waals surface area contributed by atoms with Crippen LogP contribution in [0.3, 0.4) is 0 Å². The number of rotatable bonds is 7. The second-order valence-electron chi connectivity index (χ2n) is 5.74. The highest BCUT2D eigenvalue weighted by molar-refractivity contribution is 5.80. The number of amides is 1. The molecule has 2 N–H and O–H groups in total. The predicted molar refractivity (Wildman–Crippen MR) is 78.2 cm³/mol. The normalized spacial score (nSPS) is 26.7. The minimum Gasteiger partial charge on any atom is -0.365 e. The lowest BCUT2D eigenvalue weighted by molar-refractivity contribution is -0.137. The highest BCUT2D eigenvalue weighted by atomic mass is 16.5. The Morgan fingerprint density at radius 3 is 2.42 bits per heavy atom. The lowest BCUT2D eigenvalue weighted by Crippen LogP contribution is -2.42. The molecule has 4 nitrogen and oxygen atoms in total. The highest BCUT2D eigenvalue weighted by Gasteiger charge is 2.24. The maximum absolute atomic E-state index is 12.0. The molecule has 1 rings (SSSR count). The molecular formula is C15H30N2O2. The van der Waals surface area contributed by atoms with Crippen LogP contribution < -0.4 is 10.6 Å². The lowest BCUT2D eigenvalue weighted by Gasteiger charge is -2.30. The Morgan fingerprint density at radius 2 is 1.89 bits per heavy atom. The van der Waals surface area contributed by atoms with Crippen LogP contribution in [0.1, 0.15) is 59.3 Å². The summed E-state index contributed by atoms with van der Waals surface area (Å²) in [7, 11) is 2.01. The zero-order chi connectivity index (χ0) is 14.3. The Kier molecular flexibility index (Phi) is 7.39. The third-order valence-corrected chi connectivity index (χ3v) is 3.96. The van der Waals surface area contributed by atoms with E-state index in [-0.39, 0.29) is 24.2 Å². The SMILES string of the molecule is CCCC(C)NC(=O)C(C)OC1CCC(NC)CC1. The molecule has 0 aromatic heterocycles. The first-order chi connectivity index (χ1) is 9.06.